The smallest absolute Gasteiger partial charge is 0.323 e. The molecule has 0 bridgehead atoms. The lowest BCUT2D eigenvalue weighted by molar-refractivity contribution is -0.150. The minimum atomic E-state index is -0.766. The molecule has 1 saturated carbocycles. The van der Waals surface area contributed by atoms with Crippen molar-refractivity contribution in [3.63, 3.8) is 0 Å². The van der Waals surface area contributed by atoms with Crippen molar-refractivity contribution in [3.05, 3.63) is 0 Å². The normalized spacial score (nSPS) is 25.8. The number of rotatable bonds is 3. The zero-order chi connectivity index (χ0) is 12.6. The lowest BCUT2D eigenvalue weighted by Gasteiger charge is -2.44. The van der Waals surface area contributed by atoms with Gasteiger partial charge in [-0.15, -0.1) is 0 Å². The number of hydrogen-bond donors (Lipinski definition) is 1. The standard InChI is InChI=1S/C13H25NO2/c1-12(2)8-6-7-10(9-12)14(5)13(3,4)11(15)16/h10H,6-9H2,1-5H3,(H,15,16). The molecule has 1 aliphatic carbocycles. The van der Waals surface area contributed by atoms with Gasteiger partial charge in [-0.1, -0.05) is 20.3 Å². The summed E-state index contributed by atoms with van der Waals surface area (Å²) in [6.45, 7) is 8.13. The molecule has 1 rings (SSSR count). The quantitative estimate of drug-likeness (QED) is 0.806. The second-order valence-corrected chi connectivity index (χ2v) is 6.39. The number of carboxylic acid groups (broad SMARTS) is 1. The van der Waals surface area contributed by atoms with Crippen LogP contribution in [0.5, 0.6) is 0 Å². The molecule has 16 heavy (non-hydrogen) atoms. The second-order valence-electron chi connectivity index (χ2n) is 6.39. The summed E-state index contributed by atoms with van der Waals surface area (Å²) in [7, 11) is 1.94. The molecule has 1 N–H and O–H groups in total. The van der Waals surface area contributed by atoms with Gasteiger partial charge in [-0.3, -0.25) is 9.69 Å². The Bertz CT molecular complexity index is 271. The first-order chi connectivity index (χ1) is 7.17. The molecule has 3 heteroatoms. The van der Waals surface area contributed by atoms with E-state index in [4.69, 9.17) is 0 Å². The Morgan fingerprint density at radius 3 is 2.44 bits per heavy atom. The lowest BCUT2D eigenvalue weighted by Crippen LogP contribution is -2.54. The van der Waals surface area contributed by atoms with Crippen molar-refractivity contribution >= 4 is 5.97 Å². The van der Waals surface area contributed by atoms with Gasteiger partial charge in [0.05, 0.1) is 0 Å². The van der Waals surface area contributed by atoms with Crippen molar-refractivity contribution < 1.29 is 9.90 Å². The highest BCUT2D eigenvalue weighted by Gasteiger charge is 2.39. The van der Waals surface area contributed by atoms with Crippen molar-refractivity contribution in [1.82, 2.24) is 4.90 Å². The predicted octanol–water partition coefficient (Wildman–Crippen LogP) is 2.75. The van der Waals surface area contributed by atoms with E-state index in [9.17, 15) is 9.90 Å². The summed E-state index contributed by atoms with van der Waals surface area (Å²) >= 11 is 0. The molecule has 0 aromatic rings. The first-order valence-electron chi connectivity index (χ1n) is 6.13. The van der Waals surface area contributed by atoms with Crippen LogP contribution in [0.15, 0.2) is 0 Å². The molecule has 1 unspecified atom stereocenters. The molecule has 94 valence electrons. The highest BCUT2D eigenvalue weighted by atomic mass is 16.4. The molecule has 0 saturated heterocycles. The topological polar surface area (TPSA) is 40.5 Å². The highest BCUT2D eigenvalue weighted by molar-refractivity contribution is 5.77. The largest absolute Gasteiger partial charge is 0.480 e. The molecule has 0 heterocycles. The number of hydrogen-bond acceptors (Lipinski definition) is 2. The SMILES string of the molecule is CN(C1CCCC(C)(C)C1)C(C)(C)C(=O)O. The molecule has 0 aromatic heterocycles. The summed E-state index contributed by atoms with van der Waals surface area (Å²) in [6, 6.07) is 0.398. The fourth-order valence-corrected chi connectivity index (χ4v) is 2.60. The Morgan fingerprint density at radius 2 is 2.00 bits per heavy atom. The number of aliphatic carboxylic acids is 1. The Kier molecular flexibility index (Phi) is 3.68. The summed E-state index contributed by atoms with van der Waals surface area (Å²) in [5.41, 5.74) is -0.413. The van der Waals surface area contributed by atoms with Gasteiger partial charge in [0.2, 0.25) is 0 Å². The fraction of sp³-hybridized carbons (Fsp3) is 0.923. The van der Waals surface area contributed by atoms with Crippen LogP contribution in [0.1, 0.15) is 53.4 Å². The van der Waals surface area contributed by atoms with Gasteiger partial charge >= 0.3 is 5.97 Å². The average Bonchev–Trinajstić information content (AvgIpc) is 2.14. The minimum Gasteiger partial charge on any atom is -0.480 e. The van der Waals surface area contributed by atoms with Gasteiger partial charge in [-0.25, -0.2) is 0 Å². The maximum Gasteiger partial charge on any atom is 0.323 e. The van der Waals surface area contributed by atoms with E-state index in [2.05, 4.69) is 13.8 Å². The zero-order valence-corrected chi connectivity index (χ0v) is 11.2. The van der Waals surface area contributed by atoms with E-state index in [0.29, 0.717) is 11.5 Å². The Balaban J connectivity index is 2.74. The maximum atomic E-state index is 11.2. The van der Waals surface area contributed by atoms with Gasteiger partial charge < -0.3 is 5.11 Å². The molecule has 1 aliphatic rings. The monoisotopic (exact) mass is 227 g/mol. The summed E-state index contributed by atoms with van der Waals surface area (Å²) in [5.74, 6) is -0.738. The second kappa shape index (κ2) is 4.36. The molecule has 0 amide bonds. The van der Waals surface area contributed by atoms with Gasteiger partial charge in [0, 0.05) is 6.04 Å². The van der Waals surface area contributed by atoms with Crippen LogP contribution in [0.25, 0.3) is 0 Å². The van der Waals surface area contributed by atoms with E-state index >= 15 is 0 Å². The molecule has 1 atom stereocenters. The molecule has 0 spiro atoms. The van der Waals surface area contributed by atoms with Crippen LogP contribution in [0.2, 0.25) is 0 Å². The third-order valence-corrected chi connectivity index (χ3v) is 4.13. The van der Waals surface area contributed by atoms with Crippen LogP contribution < -0.4 is 0 Å². The number of carbonyl (C=O) groups is 1. The van der Waals surface area contributed by atoms with Crippen LogP contribution >= 0.6 is 0 Å². The maximum absolute atomic E-state index is 11.2. The molecular formula is C13H25NO2. The summed E-state index contributed by atoms with van der Waals surface area (Å²) in [4.78, 5) is 13.3. The van der Waals surface area contributed by atoms with Gasteiger partial charge in [0.1, 0.15) is 5.54 Å². The molecule has 3 nitrogen and oxygen atoms in total. The molecular weight excluding hydrogens is 202 g/mol. The van der Waals surface area contributed by atoms with E-state index in [0.717, 1.165) is 12.8 Å². The molecule has 0 aliphatic heterocycles. The predicted molar refractivity (Wildman–Crippen MR) is 65.5 cm³/mol. The van der Waals surface area contributed by atoms with Crippen molar-refractivity contribution in [2.75, 3.05) is 7.05 Å². The van der Waals surface area contributed by atoms with Gasteiger partial charge in [-0.05, 0) is 45.6 Å². The van der Waals surface area contributed by atoms with E-state index in [1.165, 1.54) is 12.8 Å². The highest BCUT2D eigenvalue weighted by Crippen LogP contribution is 2.38. The van der Waals surface area contributed by atoms with Gasteiger partial charge in [0.15, 0.2) is 0 Å². The van der Waals surface area contributed by atoms with Crippen LogP contribution in [0, 0.1) is 5.41 Å². The molecule has 0 radical (unpaired) electrons. The fourth-order valence-electron chi connectivity index (χ4n) is 2.60. The van der Waals surface area contributed by atoms with E-state index in [-0.39, 0.29) is 0 Å². The third kappa shape index (κ3) is 2.76. The van der Waals surface area contributed by atoms with Crippen molar-refractivity contribution in [2.45, 2.75) is 65.0 Å². The first-order valence-corrected chi connectivity index (χ1v) is 6.13. The van der Waals surface area contributed by atoms with Crippen LogP contribution in [-0.4, -0.2) is 34.6 Å². The summed E-state index contributed by atoms with van der Waals surface area (Å²) in [6.07, 6.45) is 4.68. The Morgan fingerprint density at radius 1 is 1.44 bits per heavy atom. The number of carboxylic acids is 1. The molecule has 1 fully saturated rings. The van der Waals surface area contributed by atoms with Crippen LogP contribution in [0.3, 0.4) is 0 Å². The third-order valence-electron chi connectivity index (χ3n) is 4.13. The van der Waals surface area contributed by atoms with E-state index < -0.39 is 11.5 Å². The number of nitrogens with zero attached hydrogens (tertiary/aromatic N) is 1. The Labute approximate surface area is 98.8 Å². The van der Waals surface area contributed by atoms with Gasteiger partial charge in [-0.2, -0.15) is 0 Å². The van der Waals surface area contributed by atoms with Crippen molar-refractivity contribution in [3.8, 4) is 0 Å². The van der Waals surface area contributed by atoms with Crippen LogP contribution in [-0.2, 0) is 4.79 Å². The minimum absolute atomic E-state index is 0.353. The Hall–Kier alpha value is -0.570. The summed E-state index contributed by atoms with van der Waals surface area (Å²) in [5, 5.41) is 9.23. The first kappa shape index (κ1) is 13.5. The lowest BCUT2D eigenvalue weighted by atomic mass is 9.74. The van der Waals surface area contributed by atoms with Crippen molar-refractivity contribution in [1.29, 1.82) is 0 Å². The van der Waals surface area contributed by atoms with E-state index in [1.54, 1.807) is 13.8 Å². The summed E-state index contributed by atoms with van der Waals surface area (Å²) < 4.78 is 0. The molecule has 0 aromatic carbocycles. The van der Waals surface area contributed by atoms with Crippen molar-refractivity contribution in [2.24, 2.45) is 5.41 Å². The van der Waals surface area contributed by atoms with Gasteiger partial charge in [0.25, 0.3) is 0 Å². The average molecular weight is 227 g/mol. The van der Waals surface area contributed by atoms with Crippen LogP contribution in [0.4, 0.5) is 0 Å². The van der Waals surface area contributed by atoms with E-state index in [1.807, 2.05) is 11.9 Å². The zero-order valence-electron chi connectivity index (χ0n) is 11.2. The number of likely N-dealkylation sites (N-methyl/N-ethyl adjacent to an activating group) is 1.